The van der Waals surface area contributed by atoms with E-state index in [2.05, 4.69) is 15.0 Å². The third-order valence-corrected chi connectivity index (χ3v) is 4.52. The SMILES string of the molecule is COC(C)(C)C(=O)N1CCOC(c2ncncc2-c2ccnc(N)c2)C1. The van der Waals surface area contributed by atoms with Crippen LogP contribution in [0.1, 0.15) is 25.6 Å². The van der Waals surface area contributed by atoms with E-state index in [1.165, 1.54) is 13.4 Å². The van der Waals surface area contributed by atoms with Crippen molar-refractivity contribution in [1.29, 1.82) is 0 Å². The van der Waals surface area contributed by atoms with Gasteiger partial charge in [-0.05, 0) is 31.5 Å². The number of ether oxygens (including phenoxy) is 2. The summed E-state index contributed by atoms with van der Waals surface area (Å²) >= 11 is 0. The highest BCUT2D eigenvalue weighted by Crippen LogP contribution is 2.31. The van der Waals surface area contributed by atoms with E-state index in [0.29, 0.717) is 25.5 Å². The molecule has 1 saturated heterocycles. The summed E-state index contributed by atoms with van der Waals surface area (Å²) < 4.78 is 11.2. The van der Waals surface area contributed by atoms with Crippen LogP contribution in [-0.4, -0.2) is 58.2 Å². The summed E-state index contributed by atoms with van der Waals surface area (Å²) in [4.78, 5) is 27.0. The lowest BCUT2D eigenvalue weighted by Gasteiger charge is -2.37. The number of hydrogen-bond acceptors (Lipinski definition) is 7. The second-order valence-corrected chi connectivity index (χ2v) is 6.62. The Morgan fingerprint density at radius 2 is 2.23 bits per heavy atom. The van der Waals surface area contributed by atoms with Crippen LogP contribution < -0.4 is 5.73 Å². The molecule has 1 aliphatic rings. The molecule has 0 aromatic carbocycles. The standard InChI is InChI=1S/C18H23N5O3/c1-18(2,25-3)17(24)23-6-7-26-14(10-23)16-13(9-20-11-22-16)12-4-5-21-15(19)8-12/h4-5,8-9,11,14H,6-7,10H2,1-3H3,(H2,19,21). The quantitative estimate of drug-likeness (QED) is 0.883. The number of carbonyl (C=O) groups is 1. The third kappa shape index (κ3) is 3.66. The van der Waals surface area contributed by atoms with Crippen molar-refractivity contribution in [2.24, 2.45) is 0 Å². The molecular formula is C18H23N5O3. The van der Waals surface area contributed by atoms with Gasteiger partial charge in [-0.15, -0.1) is 0 Å². The maximum atomic E-state index is 12.7. The molecular weight excluding hydrogens is 334 g/mol. The molecule has 2 aromatic rings. The molecule has 2 N–H and O–H groups in total. The summed E-state index contributed by atoms with van der Waals surface area (Å²) in [5.74, 6) is 0.345. The van der Waals surface area contributed by atoms with Crippen LogP contribution >= 0.6 is 0 Å². The van der Waals surface area contributed by atoms with Crippen LogP contribution in [0.2, 0.25) is 0 Å². The predicted molar refractivity (Wildman–Crippen MR) is 96.0 cm³/mol. The Kier molecular flexibility index (Phi) is 5.15. The van der Waals surface area contributed by atoms with Crippen LogP contribution in [0, 0.1) is 0 Å². The minimum absolute atomic E-state index is 0.0722. The van der Waals surface area contributed by atoms with E-state index in [-0.39, 0.29) is 12.0 Å². The van der Waals surface area contributed by atoms with Gasteiger partial charge in [0.15, 0.2) is 0 Å². The highest BCUT2D eigenvalue weighted by atomic mass is 16.5. The van der Waals surface area contributed by atoms with E-state index in [1.54, 1.807) is 37.2 Å². The molecule has 1 atom stereocenters. The number of rotatable bonds is 4. The molecule has 0 bridgehead atoms. The normalized spacial score (nSPS) is 18.0. The van der Waals surface area contributed by atoms with Gasteiger partial charge in [-0.1, -0.05) is 0 Å². The first-order chi connectivity index (χ1) is 12.4. The smallest absolute Gasteiger partial charge is 0.254 e. The molecule has 1 aliphatic heterocycles. The van der Waals surface area contributed by atoms with E-state index < -0.39 is 5.60 Å². The Labute approximate surface area is 152 Å². The van der Waals surface area contributed by atoms with Crippen molar-refractivity contribution in [3.63, 3.8) is 0 Å². The largest absolute Gasteiger partial charge is 0.384 e. The van der Waals surface area contributed by atoms with Crippen LogP contribution in [0.3, 0.4) is 0 Å². The van der Waals surface area contributed by atoms with Crippen molar-refractivity contribution in [2.45, 2.75) is 25.6 Å². The van der Waals surface area contributed by atoms with Crippen LogP contribution in [0.25, 0.3) is 11.1 Å². The Morgan fingerprint density at radius 1 is 1.42 bits per heavy atom. The van der Waals surface area contributed by atoms with Crippen LogP contribution in [-0.2, 0) is 14.3 Å². The van der Waals surface area contributed by atoms with E-state index in [9.17, 15) is 4.79 Å². The van der Waals surface area contributed by atoms with Crippen molar-refractivity contribution < 1.29 is 14.3 Å². The lowest BCUT2D eigenvalue weighted by atomic mass is 10.0. The van der Waals surface area contributed by atoms with Crippen LogP contribution in [0.4, 0.5) is 5.82 Å². The molecule has 1 amide bonds. The molecule has 0 radical (unpaired) electrons. The van der Waals surface area contributed by atoms with Gasteiger partial charge in [-0.25, -0.2) is 15.0 Å². The second kappa shape index (κ2) is 7.35. The fourth-order valence-corrected chi connectivity index (χ4v) is 2.90. The summed E-state index contributed by atoms with van der Waals surface area (Å²) in [6, 6.07) is 3.61. The van der Waals surface area contributed by atoms with Crippen LogP contribution in [0.15, 0.2) is 30.9 Å². The molecule has 3 rings (SSSR count). The molecule has 3 heterocycles. The first kappa shape index (κ1) is 18.2. The molecule has 2 aromatic heterocycles. The molecule has 8 nitrogen and oxygen atoms in total. The average molecular weight is 357 g/mol. The van der Waals surface area contributed by atoms with Gasteiger partial charge in [0.2, 0.25) is 0 Å². The summed E-state index contributed by atoms with van der Waals surface area (Å²) in [5.41, 5.74) is 7.31. The van der Waals surface area contributed by atoms with Crippen LogP contribution in [0.5, 0.6) is 0 Å². The predicted octanol–water partition coefficient (Wildman–Crippen LogP) is 1.45. The molecule has 8 heteroatoms. The fraction of sp³-hybridized carbons (Fsp3) is 0.444. The van der Waals surface area contributed by atoms with Gasteiger partial charge in [0, 0.05) is 31.6 Å². The van der Waals surface area contributed by atoms with E-state index in [1.807, 2.05) is 6.07 Å². The van der Waals surface area contributed by atoms with E-state index in [0.717, 1.165) is 16.8 Å². The Bertz CT molecular complexity index is 796. The minimum Gasteiger partial charge on any atom is -0.384 e. The van der Waals surface area contributed by atoms with Crippen molar-refractivity contribution in [3.05, 3.63) is 36.5 Å². The lowest BCUT2D eigenvalue weighted by Crippen LogP contribution is -2.51. The number of pyridine rings is 1. The lowest BCUT2D eigenvalue weighted by molar-refractivity contribution is -0.158. The van der Waals surface area contributed by atoms with Gasteiger partial charge >= 0.3 is 0 Å². The zero-order chi connectivity index (χ0) is 18.7. The summed E-state index contributed by atoms with van der Waals surface area (Å²) in [5, 5.41) is 0. The number of anilines is 1. The average Bonchev–Trinajstić information content (AvgIpc) is 2.67. The summed E-state index contributed by atoms with van der Waals surface area (Å²) in [6.07, 6.45) is 4.49. The number of nitrogens with zero attached hydrogens (tertiary/aromatic N) is 4. The molecule has 138 valence electrons. The number of nitrogen functional groups attached to an aromatic ring is 1. The summed E-state index contributed by atoms with van der Waals surface area (Å²) in [6.45, 7) is 4.87. The monoisotopic (exact) mass is 357 g/mol. The van der Waals surface area contributed by atoms with E-state index >= 15 is 0 Å². The first-order valence-corrected chi connectivity index (χ1v) is 8.40. The fourth-order valence-electron chi connectivity index (χ4n) is 2.90. The Morgan fingerprint density at radius 3 is 2.96 bits per heavy atom. The van der Waals surface area contributed by atoms with Gasteiger partial charge in [-0.2, -0.15) is 0 Å². The molecule has 26 heavy (non-hydrogen) atoms. The number of methoxy groups -OCH3 is 1. The number of amides is 1. The third-order valence-electron chi connectivity index (χ3n) is 4.52. The minimum atomic E-state index is -0.879. The zero-order valence-corrected chi connectivity index (χ0v) is 15.2. The maximum absolute atomic E-state index is 12.7. The van der Waals surface area contributed by atoms with Crippen molar-refractivity contribution >= 4 is 11.7 Å². The van der Waals surface area contributed by atoms with Gasteiger partial charge in [0.05, 0.1) is 18.8 Å². The Hall–Kier alpha value is -2.58. The molecule has 0 saturated carbocycles. The van der Waals surface area contributed by atoms with Gasteiger partial charge in [-0.3, -0.25) is 4.79 Å². The van der Waals surface area contributed by atoms with E-state index in [4.69, 9.17) is 15.2 Å². The second-order valence-electron chi connectivity index (χ2n) is 6.62. The number of aromatic nitrogens is 3. The highest BCUT2D eigenvalue weighted by Gasteiger charge is 2.36. The molecule has 0 aliphatic carbocycles. The van der Waals surface area contributed by atoms with Crippen molar-refractivity contribution in [1.82, 2.24) is 19.9 Å². The number of carbonyl (C=O) groups excluding carboxylic acids is 1. The molecule has 0 spiro atoms. The maximum Gasteiger partial charge on any atom is 0.254 e. The number of nitrogens with two attached hydrogens (primary N) is 1. The summed E-state index contributed by atoms with van der Waals surface area (Å²) in [7, 11) is 1.53. The zero-order valence-electron chi connectivity index (χ0n) is 15.2. The van der Waals surface area contributed by atoms with Gasteiger partial charge in [0.1, 0.15) is 23.9 Å². The first-order valence-electron chi connectivity index (χ1n) is 8.40. The topological polar surface area (TPSA) is 103 Å². The van der Waals surface area contributed by atoms with Gasteiger partial charge in [0.25, 0.3) is 5.91 Å². The van der Waals surface area contributed by atoms with Gasteiger partial charge < -0.3 is 20.1 Å². The van der Waals surface area contributed by atoms with Crippen molar-refractivity contribution in [2.75, 3.05) is 32.5 Å². The van der Waals surface area contributed by atoms with Crippen molar-refractivity contribution in [3.8, 4) is 11.1 Å². The molecule has 1 unspecified atom stereocenters. The highest BCUT2D eigenvalue weighted by molar-refractivity contribution is 5.84. The number of morpholine rings is 1. The number of hydrogen-bond donors (Lipinski definition) is 1. The molecule has 1 fully saturated rings. The Balaban J connectivity index is 1.89.